The van der Waals surface area contributed by atoms with E-state index in [2.05, 4.69) is 46.7 Å². The summed E-state index contributed by atoms with van der Waals surface area (Å²) in [4.78, 5) is 17.2. The van der Waals surface area contributed by atoms with Gasteiger partial charge in [-0.05, 0) is 48.7 Å². The average Bonchev–Trinajstić information content (AvgIpc) is 3.16. The third-order valence-corrected chi connectivity index (χ3v) is 6.78. The smallest absolute Gasteiger partial charge is 0.223 e. The number of aromatic nitrogens is 1. The van der Waals surface area contributed by atoms with Crippen LogP contribution in [0.15, 0.2) is 53.4 Å². The first-order valence-corrected chi connectivity index (χ1v) is 11.4. The Morgan fingerprint density at radius 1 is 1.10 bits per heavy atom. The van der Waals surface area contributed by atoms with Gasteiger partial charge in [0.2, 0.25) is 5.91 Å². The zero-order chi connectivity index (χ0) is 20.1. The topological polar surface area (TPSA) is 54.1 Å². The third-order valence-electron chi connectivity index (χ3n) is 5.66. The van der Waals surface area contributed by atoms with Crippen molar-refractivity contribution < 1.29 is 9.53 Å². The van der Waals surface area contributed by atoms with Gasteiger partial charge in [0.1, 0.15) is 5.75 Å². The van der Waals surface area contributed by atoms with Crippen molar-refractivity contribution in [3.8, 4) is 17.0 Å². The standard InChI is InChI=1S/C24H28N2O2S/c1-28-19-13-11-17(12-14-19)22-23(20-9-5-6-10-21(20)26-22)29-16-15-25-24(27)18-7-3-2-4-8-18/h5-6,9-14,18,26H,2-4,7-8,15-16H2,1H3,(H,25,27). The van der Waals surface area contributed by atoms with Gasteiger partial charge >= 0.3 is 0 Å². The summed E-state index contributed by atoms with van der Waals surface area (Å²) < 4.78 is 5.29. The number of methoxy groups -OCH3 is 1. The molecule has 4 rings (SSSR count). The zero-order valence-electron chi connectivity index (χ0n) is 16.9. The van der Waals surface area contributed by atoms with E-state index in [0.717, 1.165) is 41.1 Å². The maximum atomic E-state index is 12.4. The van der Waals surface area contributed by atoms with Crippen molar-refractivity contribution in [2.75, 3.05) is 19.4 Å². The van der Waals surface area contributed by atoms with Crippen molar-refractivity contribution in [2.24, 2.45) is 5.92 Å². The highest BCUT2D eigenvalue weighted by atomic mass is 32.2. The number of benzene rings is 2. The number of hydrogen-bond acceptors (Lipinski definition) is 3. The Morgan fingerprint density at radius 3 is 2.62 bits per heavy atom. The molecule has 3 aromatic rings. The van der Waals surface area contributed by atoms with E-state index in [1.165, 1.54) is 29.5 Å². The Hall–Kier alpha value is -2.40. The summed E-state index contributed by atoms with van der Waals surface area (Å²) in [5, 5.41) is 4.37. The Balaban J connectivity index is 1.46. The molecular weight excluding hydrogens is 380 g/mol. The minimum Gasteiger partial charge on any atom is -0.497 e. The predicted molar refractivity (Wildman–Crippen MR) is 121 cm³/mol. The van der Waals surface area contributed by atoms with E-state index in [4.69, 9.17) is 4.74 Å². The SMILES string of the molecule is COc1ccc(-c2[nH]c3ccccc3c2SCCNC(=O)C2CCCCC2)cc1. The summed E-state index contributed by atoms with van der Waals surface area (Å²) in [5.74, 6) is 2.16. The number of rotatable bonds is 7. The Kier molecular flexibility index (Phi) is 6.45. The van der Waals surface area contributed by atoms with Crippen LogP contribution in [0.1, 0.15) is 32.1 Å². The lowest BCUT2D eigenvalue weighted by atomic mass is 9.89. The maximum absolute atomic E-state index is 12.4. The Labute approximate surface area is 176 Å². The first kappa shape index (κ1) is 19.9. The number of ether oxygens (including phenoxy) is 1. The van der Waals surface area contributed by atoms with Crippen LogP contribution in [0.3, 0.4) is 0 Å². The lowest BCUT2D eigenvalue weighted by molar-refractivity contribution is -0.125. The molecule has 1 amide bonds. The molecule has 0 aliphatic heterocycles. The van der Waals surface area contributed by atoms with Crippen molar-refractivity contribution in [1.29, 1.82) is 0 Å². The summed E-state index contributed by atoms with van der Waals surface area (Å²) in [6, 6.07) is 16.5. The fourth-order valence-electron chi connectivity index (χ4n) is 4.06. The number of nitrogens with one attached hydrogen (secondary N) is 2. The van der Waals surface area contributed by atoms with Crippen LogP contribution in [0, 0.1) is 5.92 Å². The summed E-state index contributed by atoms with van der Waals surface area (Å²) in [6.07, 6.45) is 5.74. The van der Waals surface area contributed by atoms with Gasteiger partial charge in [-0.1, -0.05) is 37.5 Å². The first-order chi connectivity index (χ1) is 14.3. The van der Waals surface area contributed by atoms with Crippen LogP contribution < -0.4 is 10.1 Å². The van der Waals surface area contributed by atoms with Crippen LogP contribution in [-0.2, 0) is 4.79 Å². The molecule has 0 saturated heterocycles. The van der Waals surface area contributed by atoms with Crippen molar-refractivity contribution in [1.82, 2.24) is 10.3 Å². The highest BCUT2D eigenvalue weighted by Crippen LogP contribution is 2.38. The van der Waals surface area contributed by atoms with E-state index in [9.17, 15) is 4.79 Å². The highest BCUT2D eigenvalue weighted by molar-refractivity contribution is 7.99. The largest absolute Gasteiger partial charge is 0.497 e. The van der Waals surface area contributed by atoms with Gasteiger partial charge in [-0.3, -0.25) is 4.79 Å². The van der Waals surface area contributed by atoms with Gasteiger partial charge in [0.05, 0.1) is 12.8 Å². The molecule has 1 heterocycles. The molecule has 1 fully saturated rings. The second kappa shape index (κ2) is 9.40. The lowest BCUT2D eigenvalue weighted by Crippen LogP contribution is -2.33. The Morgan fingerprint density at radius 2 is 1.86 bits per heavy atom. The van der Waals surface area contributed by atoms with Crippen molar-refractivity contribution >= 4 is 28.6 Å². The minimum atomic E-state index is 0.219. The van der Waals surface area contributed by atoms with Crippen LogP contribution in [0.2, 0.25) is 0 Å². The van der Waals surface area contributed by atoms with Gasteiger partial charge in [0.15, 0.2) is 0 Å². The van der Waals surface area contributed by atoms with Gasteiger partial charge in [-0.25, -0.2) is 0 Å². The van der Waals surface area contributed by atoms with Crippen LogP contribution in [0.4, 0.5) is 0 Å². The van der Waals surface area contributed by atoms with E-state index >= 15 is 0 Å². The van der Waals surface area contributed by atoms with Crippen LogP contribution >= 0.6 is 11.8 Å². The molecule has 0 radical (unpaired) electrons. The number of fused-ring (bicyclic) bond motifs is 1. The highest BCUT2D eigenvalue weighted by Gasteiger charge is 2.20. The molecule has 29 heavy (non-hydrogen) atoms. The van der Waals surface area contributed by atoms with E-state index in [-0.39, 0.29) is 11.8 Å². The second-order valence-corrected chi connectivity index (χ2v) is 8.68. The van der Waals surface area contributed by atoms with E-state index in [1.54, 1.807) is 18.9 Å². The normalized spacial score (nSPS) is 14.8. The summed E-state index contributed by atoms with van der Waals surface area (Å²) in [5.41, 5.74) is 3.39. The number of hydrogen-bond donors (Lipinski definition) is 2. The monoisotopic (exact) mass is 408 g/mol. The zero-order valence-corrected chi connectivity index (χ0v) is 17.7. The van der Waals surface area contributed by atoms with Crippen LogP contribution in [0.5, 0.6) is 5.75 Å². The molecule has 1 aromatic heterocycles. The van der Waals surface area contributed by atoms with Crippen molar-refractivity contribution in [3.05, 3.63) is 48.5 Å². The second-order valence-electron chi connectivity index (χ2n) is 7.58. The molecule has 2 aromatic carbocycles. The molecular formula is C24H28N2O2S. The molecule has 0 bridgehead atoms. The number of carbonyl (C=O) groups excluding carboxylic acids is 1. The lowest BCUT2D eigenvalue weighted by Gasteiger charge is -2.20. The number of aromatic amines is 1. The van der Waals surface area contributed by atoms with Crippen molar-refractivity contribution in [2.45, 2.75) is 37.0 Å². The molecule has 1 aliphatic rings. The molecule has 1 saturated carbocycles. The van der Waals surface area contributed by atoms with Gasteiger partial charge in [-0.15, -0.1) is 11.8 Å². The van der Waals surface area contributed by atoms with Gasteiger partial charge in [-0.2, -0.15) is 0 Å². The predicted octanol–water partition coefficient (Wildman–Crippen LogP) is 5.63. The maximum Gasteiger partial charge on any atom is 0.223 e. The molecule has 0 unspecified atom stereocenters. The average molecular weight is 409 g/mol. The molecule has 4 nitrogen and oxygen atoms in total. The molecule has 2 N–H and O–H groups in total. The number of amides is 1. The van der Waals surface area contributed by atoms with E-state index in [1.807, 2.05) is 12.1 Å². The van der Waals surface area contributed by atoms with Gasteiger partial charge < -0.3 is 15.0 Å². The fraction of sp³-hybridized carbons (Fsp3) is 0.375. The third kappa shape index (κ3) is 4.61. The molecule has 0 spiro atoms. The van der Waals surface area contributed by atoms with Crippen LogP contribution in [0.25, 0.3) is 22.2 Å². The Bertz CT molecular complexity index is 959. The summed E-state index contributed by atoms with van der Waals surface area (Å²) in [7, 11) is 1.68. The molecule has 1 aliphatic carbocycles. The molecule has 0 atom stereocenters. The summed E-state index contributed by atoms with van der Waals surface area (Å²) in [6.45, 7) is 0.696. The molecule has 5 heteroatoms. The molecule has 152 valence electrons. The van der Waals surface area contributed by atoms with E-state index in [0.29, 0.717) is 6.54 Å². The quantitative estimate of drug-likeness (QED) is 0.393. The summed E-state index contributed by atoms with van der Waals surface area (Å²) >= 11 is 1.80. The van der Waals surface area contributed by atoms with E-state index < -0.39 is 0 Å². The van der Waals surface area contributed by atoms with Crippen molar-refractivity contribution in [3.63, 3.8) is 0 Å². The first-order valence-electron chi connectivity index (χ1n) is 10.4. The number of para-hydroxylation sites is 1. The number of thioether (sulfide) groups is 1. The number of carbonyl (C=O) groups is 1. The van der Waals surface area contributed by atoms with Gasteiger partial charge in [0, 0.05) is 34.0 Å². The van der Waals surface area contributed by atoms with Gasteiger partial charge in [0.25, 0.3) is 0 Å². The minimum absolute atomic E-state index is 0.219. The fourth-order valence-corrected chi connectivity index (χ4v) is 5.12. The van der Waals surface area contributed by atoms with Crippen LogP contribution in [-0.4, -0.2) is 30.3 Å². The number of H-pyrrole nitrogens is 1.